The second kappa shape index (κ2) is 7.24. The zero-order valence-electron chi connectivity index (χ0n) is 12.5. The first-order valence-corrected chi connectivity index (χ1v) is 8.74. The number of hydrogen-bond donors (Lipinski definition) is 1. The predicted molar refractivity (Wildman–Crippen MR) is 89.1 cm³/mol. The van der Waals surface area contributed by atoms with E-state index in [1.807, 2.05) is 32.0 Å². The Hall–Kier alpha value is -1.11. The van der Waals surface area contributed by atoms with E-state index in [1.165, 1.54) is 4.70 Å². The van der Waals surface area contributed by atoms with Crippen molar-refractivity contribution in [3.8, 4) is 0 Å². The molecule has 4 nitrogen and oxygen atoms in total. The van der Waals surface area contributed by atoms with Crippen LogP contribution in [-0.4, -0.2) is 35.9 Å². The van der Waals surface area contributed by atoms with Crippen LogP contribution in [0.2, 0.25) is 0 Å². The third kappa shape index (κ3) is 3.96. The molecule has 1 N–H and O–H groups in total. The summed E-state index contributed by atoms with van der Waals surface area (Å²) in [5.74, 6) is 0.619. The molecule has 0 aliphatic heterocycles. The largest absolute Gasteiger partial charge is 0.465 e. The van der Waals surface area contributed by atoms with Crippen LogP contribution in [0.4, 0.5) is 0 Å². The Balaban J connectivity index is 1.94. The van der Waals surface area contributed by atoms with E-state index in [2.05, 4.69) is 16.4 Å². The van der Waals surface area contributed by atoms with E-state index in [4.69, 9.17) is 4.74 Å². The SMILES string of the molecule is CCOC(=O)C(C)(CCSc1nc2ccccc2s1)NC. The highest BCUT2D eigenvalue weighted by Gasteiger charge is 2.32. The summed E-state index contributed by atoms with van der Waals surface area (Å²) in [5.41, 5.74) is 0.395. The summed E-state index contributed by atoms with van der Waals surface area (Å²) >= 11 is 3.37. The summed E-state index contributed by atoms with van der Waals surface area (Å²) in [6, 6.07) is 8.11. The molecule has 1 unspecified atom stereocenters. The Kier molecular flexibility index (Phi) is 5.61. The van der Waals surface area contributed by atoms with Gasteiger partial charge in [-0.3, -0.25) is 4.79 Å². The molecule has 0 amide bonds. The first-order valence-electron chi connectivity index (χ1n) is 6.93. The molecule has 2 rings (SSSR count). The van der Waals surface area contributed by atoms with Gasteiger partial charge in [-0.15, -0.1) is 11.3 Å². The number of thioether (sulfide) groups is 1. The molecular weight excluding hydrogens is 304 g/mol. The molecule has 0 saturated carbocycles. The van der Waals surface area contributed by atoms with Gasteiger partial charge in [0.1, 0.15) is 5.54 Å². The summed E-state index contributed by atoms with van der Waals surface area (Å²) < 4.78 is 7.36. The molecule has 21 heavy (non-hydrogen) atoms. The van der Waals surface area contributed by atoms with Crippen LogP contribution in [0.1, 0.15) is 20.3 Å². The average molecular weight is 324 g/mol. The zero-order valence-corrected chi connectivity index (χ0v) is 14.1. The van der Waals surface area contributed by atoms with Crippen LogP contribution in [0.25, 0.3) is 10.2 Å². The maximum Gasteiger partial charge on any atom is 0.326 e. The Morgan fingerprint density at radius 2 is 2.24 bits per heavy atom. The number of carbonyl (C=O) groups is 1. The fraction of sp³-hybridized carbons (Fsp3) is 0.467. The number of benzene rings is 1. The number of fused-ring (bicyclic) bond motifs is 1. The summed E-state index contributed by atoms with van der Waals surface area (Å²) in [6.45, 7) is 4.11. The lowest BCUT2D eigenvalue weighted by molar-refractivity contribution is -0.150. The summed E-state index contributed by atoms with van der Waals surface area (Å²) in [5, 5.41) is 3.07. The summed E-state index contributed by atoms with van der Waals surface area (Å²) in [7, 11) is 1.79. The molecule has 0 saturated heterocycles. The van der Waals surface area contributed by atoms with Gasteiger partial charge in [-0.2, -0.15) is 0 Å². The lowest BCUT2D eigenvalue weighted by Crippen LogP contribution is -2.49. The van der Waals surface area contributed by atoms with Gasteiger partial charge < -0.3 is 10.1 Å². The first kappa shape index (κ1) is 16.3. The van der Waals surface area contributed by atoms with Crippen LogP contribution in [0.3, 0.4) is 0 Å². The number of rotatable bonds is 7. The van der Waals surface area contributed by atoms with Crippen molar-refractivity contribution in [1.82, 2.24) is 10.3 Å². The minimum atomic E-state index is -0.639. The van der Waals surface area contributed by atoms with E-state index < -0.39 is 5.54 Å². The number of ether oxygens (including phenoxy) is 1. The second-order valence-corrected chi connectivity index (χ2v) is 7.22. The molecule has 1 atom stereocenters. The van der Waals surface area contributed by atoms with Crippen molar-refractivity contribution in [3.63, 3.8) is 0 Å². The zero-order chi connectivity index (χ0) is 15.3. The molecule has 2 aromatic rings. The van der Waals surface area contributed by atoms with Crippen LogP contribution in [0.5, 0.6) is 0 Å². The number of para-hydroxylation sites is 1. The van der Waals surface area contributed by atoms with E-state index in [0.717, 1.165) is 15.6 Å². The smallest absolute Gasteiger partial charge is 0.326 e. The first-order chi connectivity index (χ1) is 10.1. The van der Waals surface area contributed by atoms with Crippen molar-refractivity contribution >= 4 is 39.3 Å². The molecule has 0 aliphatic rings. The molecule has 0 aliphatic carbocycles. The van der Waals surface area contributed by atoms with E-state index >= 15 is 0 Å². The summed E-state index contributed by atoms with van der Waals surface area (Å²) in [4.78, 5) is 16.6. The number of likely N-dealkylation sites (N-methyl/N-ethyl adjacent to an activating group) is 1. The van der Waals surface area contributed by atoms with Crippen LogP contribution in [0, 0.1) is 0 Å². The van der Waals surface area contributed by atoms with Gasteiger partial charge in [-0.1, -0.05) is 23.9 Å². The third-order valence-electron chi connectivity index (χ3n) is 3.38. The van der Waals surface area contributed by atoms with Crippen molar-refractivity contribution < 1.29 is 9.53 Å². The Labute approximate surface area is 133 Å². The molecule has 1 aromatic carbocycles. The number of aromatic nitrogens is 1. The number of nitrogens with zero attached hydrogens (tertiary/aromatic N) is 1. The Morgan fingerprint density at radius 1 is 1.48 bits per heavy atom. The fourth-order valence-electron chi connectivity index (χ4n) is 1.87. The highest BCUT2D eigenvalue weighted by atomic mass is 32.2. The van der Waals surface area contributed by atoms with Gasteiger partial charge in [0, 0.05) is 5.75 Å². The van der Waals surface area contributed by atoms with Crippen LogP contribution in [0.15, 0.2) is 28.6 Å². The number of hydrogen-bond acceptors (Lipinski definition) is 6. The van der Waals surface area contributed by atoms with Crippen molar-refractivity contribution in [2.45, 2.75) is 30.1 Å². The van der Waals surface area contributed by atoms with E-state index in [0.29, 0.717) is 13.0 Å². The molecule has 0 fully saturated rings. The fourth-order valence-corrected chi connectivity index (χ4v) is 4.17. The normalized spacial score (nSPS) is 14.0. The number of nitrogens with one attached hydrogen (secondary N) is 1. The van der Waals surface area contributed by atoms with Crippen LogP contribution < -0.4 is 5.32 Å². The number of thiazole rings is 1. The van der Waals surface area contributed by atoms with E-state index in [1.54, 1.807) is 30.1 Å². The molecule has 6 heteroatoms. The Bertz CT molecular complexity index is 581. The summed E-state index contributed by atoms with van der Waals surface area (Å²) in [6.07, 6.45) is 0.697. The molecule has 0 bridgehead atoms. The average Bonchev–Trinajstić information content (AvgIpc) is 2.89. The quantitative estimate of drug-likeness (QED) is 0.625. The van der Waals surface area contributed by atoms with Crippen molar-refractivity contribution in [3.05, 3.63) is 24.3 Å². The van der Waals surface area contributed by atoms with Gasteiger partial charge in [0.15, 0.2) is 4.34 Å². The lowest BCUT2D eigenvalue weighted by Gasteiger charge is -2.26. The minimum absolute atomic E-state index is 0.197. The lowest BCUT2D eigenvalue weighted by atomic mass is 10.00. The van der Waals surface area contributed by atoms with E-state index in [9.17, 15) is 4.79 Å². The van der Waals surface area contributed by atoms with Gasteiger partial charge in [-0.25, -0.2) is 4.98 Å². The van der Waals surface area contributed by atoms with Gasteiger partial charge in [0.2, 0.25) is 0 Å². The molecule has 1 aromatic heterocycles. The van der Waals surface area contributed by atoms with Crippen molar-refractivity contribution in [1.29, 1.82) is 0 Å². The standard InChI is InChI=1S/C15H20N2O2S2/c1-4-19-13(18)15(2,16-3)9-10-20-14-17-11-7-5-6-8-12(11)21-14/h5-8,16H,4,9-10H2,1-3H3. The Morgan fingerprint density at radius 3 is 2.90 bits per heavy atom. The van der Waals surface area contributed by atoms with Gasteiger partial charge in [-0.05, 0) is 39.4 Å². The third-order valence-corrected chi connectivity index (χ3v) is 5.56. The molecule has 1 heterocycles. The highest BCUT2D eigenvalue weighted by Crippen LogP contribution is 2.30. The van der Waals surface area contributed by atoms with Crippen molar-refractivity contribution in [2.75, 3.05) is 19.4 Å². The van der Waals surface area contributed by atoms with Gasteiger partial charge in [0.25, 0.3) is 0 Å². The maximum atomic E-state index is 12.0. The van der Waals surface area contributed by atoms with E-state index in [-0.39, 0.29) is 5.97 Å². The van der Waals surface area contributed by atoms with Crippen molar-refractivity contribution in [2.24, 2.45) is 0 Å². The van der Waals surface area contributed by atoms with Crippen LogP contribution in [-0.2, 0) is 9.53 Å². The minimum Gasteiger partial charge on any atom is -0.465 e. The number of carbonyl (C=O) groups excluding carboxylic acids is 1. The maximum absolute atomic E-state index is 12.0. The molecule has 0 spiro atoms. The van der Waals surface area contributed by atoms with Crippen LogP contribution >= 0.6 is 23.1 Å². The van der Waals surface area contributed by atoms with Gasteiger partial charge in [0.05, 0.1) is 16.8 Å². The predicted octanol–water partition coefficient (Wildman–Crippen LogP) is 3.32. The van der Waals surface area contributed by atoms with Gasteiger partial charge >= 0.3 is 5.97 Å². The monoisotopic (exact) mass is 324 g/mol. The highest BCUT2D eigenvalue weighted by molar-refractivity contribution is 8.01. The molecular formula is C15H20N2O2S2. The molecule has 0 radical (unpaired) electrons. The molecule has 114 valence electrons. The topological polar surface area (TPSA) is 51.2 Å². The second-order valence-electron chi connectivity index (χ2n) is 4.85. The number of esters is 1.